The van der Waals surface area contributed by atoms with Crippen LogP contribution in [0.5, 0.6) is 0 Å². The molecule has 23 heavy (non-hydrogen) atoms. The van der Waals surface area contributed by atoms with Crippen LogP contribution >= 0.6 is 0 Å². The molecular formula is C14H17F3N2O4. The van der Waals surface area contributed by atoms with Gasteiger partial charge in [0.1, 0.15) is 6.61 Å². The van der Waals surface area contributed by atoms with Crippen LogP contribution in [0.3, 0.4) is 0 Å². The molecule has 1 rings (SSSR count). The molecular weight excluding hydrogens is 317 g/mol. The van der Waals surface area contributed by atoms with Gasteiger partial charge in [0.2, 0.25) is 11.8 Å². The van der Waals surface area contributed by atoms with E-state index in [1.54, 1.807) is 0 Å². The third-order valence-corrected chi connectivity index (χ3v) is 2.58. The second-order valence-corrected chi connectivity index (χ2v) is 4.53. The van der Waals surface area contributed by atoms with Crippen LogP contribution in [0.4, 0.5) is 24.5 Å². The molecule has 0 aliphatic carbocycles. The number of alkyl halides is 3. The lowest BCUT2D eigenvalue weighted by Gasteiger charge is -2.15. The summed E-state index contributed by atoms with van der Waals surface area (Å²) in [5.74, 6) is -1.22. The van der Waals surface area contributed by atoms with Gasteiger partial charge in [-0.3, -0.25) is 9.59 Å². The van der Waals surface area contributed by atoms with Crippen molar-refractivity contribution in [1.82, 2.24) is 0 Å². The number of methoxy groups -OCH3 is 1. The minimum Gasteiger partial charge on any atom is -0.382 e. The fraction of sp³-hybridized carbons (Fsp3) is 0.429. The SMILES string of the molecule is COCCOCC(=O)Nc1ccc(NC(C)=O)cc1C(F)(F)F. The monoisotopic (exact) mass is 334 g/mol. The molecule has 1 aromatic carbocycles. The fourth-order valence-electron chi connectivity index (χ4n) is 1.66. The molecule has 6 nitrogen and oxygen atoms in total. The largest absolute Gasteiger partial charge is 0.418 e. The second kappa shape index (κ2) is 8.49. The number of benzene rings is 1. The summed E-state index contributed by atoms with van der Waals surface area (Å²) in [7, 11) is 1.45. The van der Waals surface area contributed by atoms with Crippen molar-refractivity contribution in [3.63, 3.8) is 0 Å². The summed E-state index contributed by atoms with van der Waals surface area (Å²) in [6, 6.07) is 3.09. The third kappa shape index (κ3) is 6.66. The van der Waals surface area contributed by atoms with Gasteiger partial charge in [-0.05, 0) is 18.2 Å². The number of rotatable bonds is 7. The van der Waals surface area contributed by atoms with Gasteiger partial charge in [-0.25, -0.2) is 0 Å². The van der Waals surface area contributed by atoms with Crippen molar-refractivity contribution >= 4 is 23.2 Å². The van der Waals surface area contributed by atoms with Crippen molar-refractivity contribution in [2.45, 2.75) is 13.1 Å². The van der Waals surface area contributed by atoms with Crippen molar-refractivity contribution in [1.29, 1.82) is 0 Å². The van der Waals surface area contributed by atoms with Crippen LogP contribution in [0, 0.1) is 0 Å². The predicted molar refractivity (Wildman–Crippen MR) is 77.1 cm³/mol. The number of hydrogen-bond acceptors (Lipinski definition) is 4. The van der Waals surface area contributed by atoms with E-state index in [0.717, 1.165) is 12.1 Å². The molecule has 0 spiro atoms. The summed E-state index contributed by atoms with van der Waals surface area (Å²) in [5.41, 5.74) is -1.49. The van der Waals surface area contributed by atoms with Crippen molar-refractivity contribution < 1.29 is 32.2 Å². The zero-order chi connectivity index (χ0) is 17.5. The standard InChI is InChI=1S/C14H17F3N2O4/c1-9(20)18-10-3-4-12(11(7-10)14(15,16)17)19-13(21)8-23-6-5-22-2/h3-4,7H,5-6,8H2,1-2H3,(H,18,20)(H,19,21). The Kier molecular flexibility index (Phi) is 6.98. The Labute approximate surface area is 130 Å². The summed E-state index contributed by atoms with van der Waals surface area (Å²) < 4.78 is 48.8. The molecule has 1 aromatic rings. The lowest BCUT2D eigenvalue weighted by Crippen LogP contribution is -2.22. The molecule has 2 N–H and O–H groups in total. The number of carbonyl (C=O) groups is 2. The van der Waals surface area contributed by atoms with Gasteiger partial charge in [0.25, 0.3) is 0 Å². The van der Waals surface area contributed by atoms with Crippen molar-refractivity contribution in [2.24, 2.45) is 0 Å². The maximum Gasteiger partial charge on any atom is 0.418 e. The Morgan fingerprint density at radius 3 is 2.43 bits per heavy atom. The Hall–Kier alpha value is -2.13. The van der Waals surface area contributed by atoms with Crippen LogP contribution < -0.4 is 10.6 Å². The molecule has 0 radical (unpaired) electrons. The van der Waals surface area contributed by atoms with E-state index in [1.165, 1.54) is 20.1 Å². The second-order valence-electron chi connectivity index (χ2n) is 4.53. The van der Waals surface area contributed by atoms with Crippen LogP contribution in [0.15, 0.2) is 18.2 Å². The zero-order valence-electron chi connectivity index (χ0n) is 12.6. The van der Waals surface area contributed by atoms with Gasteiger partial charge in [-0.1, -0.05) is 0 Å². The molecule has 0 bridgehead atoms. The zero-order valence-corrected chi connectivity index (χ0v) is 12.6. The normalized spacial score (nSPS) is 11.2. The van der Waals surface area contributed by atoms with Crippen LogP contribution in [0.25, 0.3) is 0 Å². The van der Waals surface area contributed by atoms with Crippen LogP contribution in [0.1, 0.15) is 12.5 Å². The highest BCUT2D eigenvalue weighted by molar-refractivity contribution is 5.94. The molecule has 0 aromatic heterocycles. The highest BCUT2D eigenvalue weighted by Crippen LogP contribution is 2.36. The molecule has 0 aliphatic rings. The van der Waals surface area contributed by atoms with Gasteiger partial charge in [-0.15, -0.1) is 0 Å². The van der Waals surface area contributed by atoms with Gasteiger partial charge in [-0.2, -0.15) is 13.2 Å². The number of amides is 2. The van der Waals surface area contributed by atoms with Gasteiger partial charge in [0.15, 0.2) is 0 Å². The average Bonchev–Trinajstić information content (AvgIpc) is 2.43. The van der Waals surface area contributed by atoms with Crippen molar-refractivity contribution in [2.75, 3.05) is 37.6 Å². The average molecular weight is 334 g/mol. The first-order valence-corrected chi connectivity index (χ1v) is 6.59. The lowest BCUT2D eigenvalue weighted by atomic mass is 10.1. The highest BCUT2D eigenvalue weighted by Gasteiger charge is 2.34. The molecule has 0 atom stereocenters. The predicted octanol–water partition coefficient (Wildman–Crippen LogP) is 2.27. The highest BCUT2D eigenvalue weighted by atomic mass is 19.4. The topological polar surface area (TPSA) is 76.7 Å². The molecule has 128 valence electrons. The van der Waals surface area contributed by atoms with E-state index in [2.05, 4.69) is 10.6 Å². The minimum atomic E-state index is -4.69. The Balaban J connectivity index is 2.84. The maximum absolute atomic E-state index is 13.1. The summed E-state index contributed by atoms with van der Waals surface area (Å²) in [5, 5.41) is 4.39. The molecule has 9 heteroatoms. The summed E-state index contributed by atoms with van der Waals surface area (Å²) in [6.07, 6.45) is -4.69. The summed E-state index contributed by atoms with van der Waals surface area (Å²) in [4.78, 5) is 22.5. The van der Waals surface area contributed by atoms with Gasteiger partial charge >= 0.3 is 6.18 Å². The minimum absolute atomic E-state index is 0.0147. The Morgan fingerprint density at radius 2 is 1.87 bits per heavy atom. The molecule has 0 unspecified atom stereocenters. The lowest BCUT2D eigenvalue weighted by molar-refractivity contribution is -0.137. The van der Waals surface area contributed by atoms with Crippen LogP contribution in [0.2, 0.25) is 0 Å². The van der Waals surface area contributed by atoms with E-state index >= 15 is 0 Å². The summed E-state index contributed by atoms with van der Waals surface area (Å²) >= 11 is 0. The van der Waals surface area contributed by atoms with E-state index in [1.807, 2.05) is 0 Å². The summed E-state index contributed by atoms with van der Waals surface area (Å²) in [6.45, 7) is 1.21. The Morgan fingerprint density at radius 1 is 1.17 bits per heavy atom. The molecule has 0 aliphatic heterocycles. The third-order valence-electron chi connectivity index (χ3n) is 2.58. The fourth-order valence-corrected chi connectivity index (χ4v) is 1.66. The number of hydrogen-bond donors (Lipinski definition) is 2. The first kappa shape index (κ1) is 18.9. The van der Waals surface area contributed by atoms with E-state index < -0.39 is 35.8 Å². The number of anilines is 2. The van der Waals surface area contributed by atoms with E-state index in [9.17, 15) is 22.8 Å². The Bertz CT molecular complexity index is 561. The van der Waals surface area contributed by atoms with Crippen molar-refractivity contribution in [3.05, 3.63) is 23.8 Å². The van der Waals surface area contributed by atoms with Crippen molar-refractivity contribution in [3.8, 4) is 0 Å². The number of ether oxygens (including phenoxy) is 2. The van der Waals surface area contributed by atoms with E-state index in [-0.39, 0.29) is 18.9 Å². The van der Waals surface area contributed by atoms with Crippen LogP contribution in [-0.2, 0) is 25.2 Å². The molecule has 0 fully saturated rings. The van der Waals surface area contributed by atoms with Gasteiger partial charge in [0, 0.05) is 19.7 Å². The molecule has 2 amide bonds. The maximum atomic E-state index is 13.1. The number of halogens is 3. The first-order chi connectivity index (χ1) is 10.7. The van der Waals surface area contributed by atoms with E-state index in [4.69, 9.17) is 9.47 Å². The number of nitrogens with one attached hydrogen (secondary N) is 2. The van der Waals surface area contributed by atoms with Gasteiger partial charge in [0.05, 0.1) is 24.5 Å². The van der Waals surface area contributed by atoms with E-state index in [0.29, 0.717) is 0 Å². The number of carbonyl (C=O) groups excluding carboxylic acids is 2. The molecule has 0 saturated carbocycles. The smallest absolute Gasteiger partial charge is 0.382 e. The quantitative estimate of drug-likeness (QED) is 0.750. The van der Waals surface area contributed by atoms with Gasteiger partial charge < -0.3 is 20.1 Å². The van der Waals surface area contributed by atoms with Crippen LogP contribution in [-0.4, -0.2) is 38.7 Å². The first-order valence-electron chi connectivity index (χ1n) is 6.59. The molecule has 0 saturated heterocycles. The molecule has 0 heterocycles.